The second kappa shape index (κ2) is 9.56. The minimum atomic E-state index is -0.341. The number of methoxy groups -OCH3 is 4. The molecule has 3 aromatic carbocycles. The van der Waals surface area contributed by atoms with Crippen LogP contribution in [-0.2, 0) is 4.79 Å². The molecule has 1 N–H and O–H groups in total. The number of carbonyl (C=O) groups is 1. The number of nitrogens with zero attached hydrogens (tertiary/aromatic N) is 1. The number of hydrogen-bond donors (Lipinski definition) is 1. The first-order valence-corrected chi connectivity index (χ1v) is 10.4. The molecule has 3 aromatic rings. The molecule has 0 aromatic heterocycles. The third kappa shape index (κ3) is 4.43. The molecule has 0 radical (unpaired) electrons. The number of ether oxygens (including phenoxy) is 4. The van der Waals surface area contributed by atoms with Crippen molar-refractivity contribution in [3.8, 4) is 23.0 Å². The van der Waals surface area contributed by atoms with Crippen LogP contribution in [0.5, 0.6) is 23.0 Å². The number of hydrogen-bond acceptors (Lipinski definition) is 6. The van der Waals surface area contributed by atoms with Gasteiger partial charge in [-0.3, -0.25) is 9.69 Å². The van der Waals surface area contributed by atoms with E-state index in [1.807, 2.05) is 72.8 Å². The summed E-state index contributed by atoms with van der Waals surface area (Å²) in [7, 11) is 6.42. The molecular formula is C26H26N2O5. The smallest absolute Gasteiger partial charge is 0.275 e. The largest absolute Gasteiger partial charge is 0.497 e. The minimum absolute atomic E-state index is 0.143. The van der Waals surface area contributed by atoms with E-state index in [1.165, 1.54) is 0 Å². The normalized spacial score (nSPS) is 15.2. The molecule has 1 atom stereocenters. The van der Waals surface area contributed by atoms with Crippen LogP contribution in [-0.4, -0.2) is 34.3 Å². The van der Waals surface area contributed by atoms with Crippen molar-refractivity contribution in [1.82, 2.24) is 0 Å². The van der Waals surface area contributed by atoms with Crippen molar-refractivity contribution in [1.29, 1.82) is 0 Å². The van der Waals surface area contributed by atoms with Crippen molar-refractivity contribution in [2.24, 2.45) is 0 Å². The first-order valence-electron chi connectivity index (χ1n) is 10.4. The fourth-order valence-electron chi connectivity index (χ4n) is 3.79. The third-order valence-corrected chi connectivity index (χ3v) is 5.52. The average molecular weight is 447 g/mol. The van der Waals surface area contributed by atoms with Gasteiger partial charge in [0.2, 0.25) is 0 Å². The van der Waals surface area contributed by atoms with E-state index in [-0.39, 0.29) is 11.9 Å². The number of amides is 1. The number of carbonyl (C=O) groups excluding carboxylic acids is 1. The summed E-state index contributed by atoms with van der Waals surface area (Å²) < 4.78 is 21.4. The van der Waals surface area contributed by atoms with E-state index in [2.05, 4.69) is 5.32 Å². The van der Waals surface area contributed by atoms with Gasteiger partial charge in [-0.25, -0.2) is 0 Å². The number of benzene rings is 3. The maximum absolute atomic E-state index is 13.5. The Hall–Kier alpha value is -4.13. The molecule has 1 aliphatic rings. The lowest BCUT2D eigenvalue weighted by atomic mass is 10.1. The van der Waals surface area contributed by atoms with E-state index >= 15 is 0 Å². The third-order valence-electron chi connectivity index (χ3n) is 5.52. The molecule has 7 heteroatoms. The molecule has 0 bridgehead atoms. The molecule has 0 saturated heterocycles. The van der Waals surface area contributed by atoms with Crippen molar-refractivity contribution in [2.45, 2.75) is 6.04 Å². The van der Waals surface area contributed by atoms with Crippen LogP contribution in [0.15, 0.2) is 78.5 Å². The van der Waals surface area contributed by atoms with Crippen LogP contribution in [0.3, 0.4) is 0 Å². The zero-order valence-corrected chi connectivity index (χ0v) is 19.0. The fraction of sp³-hybridized carbons (Fsp3) is 0.192. The van der Waals surface area contributed by atoms with Crippen molar-refractivity contribution in [3.05, 3.63) is 84.1 Å². The molecule has 1 heterocycles. The van der Waals surface area contributed by atoms with E-state index in [0.717, 1.165) is 28.4 Å². The maximum Gasteiger partial charge on any atom is 0.275 e. The highest BCUT2D eigenvalue weighted by Crippen LogP contribution is 2.39. The lowest BCUT2D eigenvalue weighted by molar-refractivity contribution is -0.114. The molecule has 0 fully saturated rings. The van der Waals surface area contributed by atoms with Crippen LogP contribution in [0.1, 0.15) is 11.6 Å². The van der Waals surface area contributed by atoms with Crippen LogP contribution in [0.4, 0.5) is 11.4 Å². The van der Waals surface area contributed by atoms with Crippen LogP contribution in [0, 0.1) is 0 Å². The summed E-state index contributed by atoms with van der Waals surface area (Å²) in [6.07, 6.45) is 1.91. The quantitative estimate of drug-likeness (QED) is 0.536. The van der Waals surface area contributed by atoms with E-state index < -0.39 is 0 Å². The number of rotatable bonds is 8. The molecule has 0 spiro atoms. The van der Waals surface area contributed by atoms with Gasteiger partial charge < -0.3 is 24.3 Å². The summed E-state index contributed by atoms with van der Waals surface area (Å²) >= 11 is 0. The van der Waals surface area contributed by atoms with Gasteiger partial charge in [0.1, 0.15) is 17.2 Å². The van der Waals surface area contributed by atoms with Gasteiger partial charge in [-0.1, -0.05) is 6.07 Å². The molecule has 1 amide bonds. The van der Waals surface area contributed by atoms with Gasteiger partial charge in [0.05, 0.1) is 34.5 Å². The van der Waals surface area contributed by atoms with Crippen LogP contribution < -0.4 is 29.2 Å². The van der Waals surface area contributed by atoms with Crippen LogP contribution in [0.25, 0.3) is 0 Å². The summed E-state index contributed by atoms with van der Waals surface area (Å²) in [5.41, 5.74) is 2.92. The molecule has 0 aliphatic carbocycles. The van der Waals surface area contributed by atoms with E-state index in [9.17, 15) is 4.79 Å². The topological polar surface area (TPSA) is 69.3 Å². The summed E-state index contributed by atoms with van der Waals surface area (Å²) in [5.74, 6) is 2.55. The second-order valence-corrected chi connectivity index (χ2v) is 7.37. The van der Waals surface area contributed by atoms with E-state index in [0.29, 0.717) is 17.2 Å². The van der Waals surface area contributed by atoms with Crippen molar-refractivity contribution in [3.63, 3.8) is 0 Å². The predicted octanol–water partition coefficient (Wildman–Crippen LogP) is 4.80. The molecule has 0 saturated carbocycles. The standard InChI is InChI=1S/C26H26N2O5/c1-30-20-10-6-18(7-11-20)27-22-16-23(17-5-14-24(32-3)25(15-17)33-4)28(26(22)29)19-8-12-21(31-2)13-9-19/h5-16,23,27H,1-4H3/t23-/m1/s1. The monoisotopic (exact) mass is 446 g/mol. The molecule has 4 rings (SSSR count). The molecule has 1 aliphatic heterocycles. The average Bonchev–Trinajstić information content (AvgIpc) is 3.19. The Morgan fingerprint density at radius 2 is 1.33 bits per heavy atom. The first-order chi connectivity index (χ1) is 16.1. The van der Waals surface area contributed by atoms with Gasteiger partial charge in [-0.2, -0.15) is 0 Å². The molecule has 0 unspecified atom stereocenters. The Morgan fingerprint density at radius 3 is 1.91 bits per heavy atom. The fourth-order valence-corrected chi connectivity index (χ4v) is 3.79. The Labute approximate surface area is 193 Å². The highest BCUT2D eigenvalue weighted by atomic mass is 16.5. The number of anilines is 2. The molecule has 7 nitrogen and oxygen atoms in total. The lowest BCUT2D eigenvalue weighted by Gasteiger charge is -2.26. The summed E-state index contributed by atoms with van der Waals surface area (Å²) in [4.78, 5) is 15.3. The van der Waals surface area contributed by atoms with Crippen LogP contribution in [0.2, 0.25) is 0 Å². The first kappa shape index (κ1) is 22.1. The van der Waals surface area contributed by atoms with Crippen molar-refractivity contribution >= 4 is 17.3 Å². The van der Waals surface area contributed by atoms with E-state index in [1.54, 1.807) is 33.3 Å². The van der Waals surface area contributed by atoms with E-state index in [4.69, 9.17) is 18.9 Å². The summed E-state index contributed by atoms with van der Waals surface area (Å²) in [5, 5.41) is 3.25. The van der Waals surface area contributed by atoms with Gasteiger partial charge in [0.15, 0.2) is 11.5 Å². The summed E-state index contributed by atoms with van der Waals surface area (Å²) in [6.45, 7) is 0. The Balaban J connectivity index is 1.73. The van der Waals surface area contributed by atoms with Crippen molar-refractivity contribution in [2.75, 3.05) is 38.7 Å². The zero-order valence-electron chi connectivity index (χ0n) is 19.0. The molecular weight excluding hydrogens is 420 g/mol. The highest BCUT2D eigenvalue weighted by Gasteiger charge is 2.35. The Morgan fingerprint density at radius 1 is 0.727 bits per heavy atom. The molecule has 33 heavy (non-hydrogen) atoms. The Bertz CT molecular complexity index is 1160. The Kier molecular flexibility index (Phi) is 6.40. The van der Waals surface area contributed by atoms with Gasteiger partial charge in [0, 0.05) is 11.4 Å². The molecule has 170 valence electrons. The zero-order chi connectivity index (χ0) is 23.4. The van der Waals surface area contributed by atoms with Crippen molar-refractivity contribution < 1.29 is 23.7 Å². The van der Waals surface area contributed by atoms with Gasteiger partial charge >= 0.3 is 0 Å². The number of nitrogens with one attached hydrogen (secondary N) is 1. The highest BCUT2D eigenvalue weighted by molar-refractivity contribution is 6.11. The predicted molar refractivity (Wildman–Crippen MR) is 127 cm³/mol. The maximum atomic E-state index is 13.5. The lowest BCUT2D eigenvalue weighted by Crippen LogP contribution is -2.30. The second-order valence-electron chi connectivity index (χ2n) is 7.37. The van der Waals surface area contributed by atoms with Crippen LogP contribution >= 0.6 is 0 Å². The van der Waals surface area contributed by atoms with Gasteiger partial charge in [0.25, 0.3) is 5.91 Å². The minimum Gasteiger partial charge on any atom is -0.497 e. The van der Waals surface area contributed by atoms with Gasteiger partial charge in [-0.15, -0.1) is 0 Å². The SMILES string of the molecule is COc1ccc(NC2=C[C@H](c3ccc(OC)c(OC)c3)N(c3ccc(OC)cc3)C2=O)cc1. The van der Waals surface area contributed by atoms with Gasteiger partial charge in [-0.05, 0) is 72.3 Å². The summed E-state index contributed by atoms with van der Waals surface area (Å²) in [6, 6.07) is 20.2.